The number of nitrogens with zero attached hydrogens (tertiary/aromatic N) is 2. The van der Waals surface area contributed by atoms with E-state index in [1.807, 2.05) is 12.1 Å². The molecule has 0 unspecified atom stereocenters. The molecular weight excluding hydrogens is 420 g/mol. The number of fused-ring (bicyclic) bond motifs is 1. The topological polar surface area (TPSA) is 80.5 Å². The second-order valence-electron chi connectivity index (χ2n) is 8.11. The number of amides is 1. The van der Waals surface area contributed by atoms with Crippen LogP contribution in [-0.2, 0) is 4.74 Å². The number of halogens is 1. The van der Waals surface area contributed by atoms with Gasteiger partial charge in [0.1, 0.15) is 0 Å². The number of hydrogen-bond acceptors (Lipinski definition) is 5. The highest BCUT2D eigenvalue weighted by Gasteiger charge is 2.26. The molecule has 1 aliphatic rings. The van der Waals surface area contributed by atoms with Crippen LogP contribution in [-0.4, -0.2) is 54.7 Å². The van der Waals surface area contributed by atoms with E-state index in [2.05, 4.69) is 45.0 Å². The Hall–Kier alpha value is -1.70. The SMILES string of the molecule is COC(C)(C)CN1CCC(CNC(=O)c2cc(Br)c(N)c3cccnc23)CC1. The fraction of sp³-hybridized carbons (Fsp3) is 0.524. The molecule has 2 aromatic rings. The quantitative estimate of drug-likeness (QED) is 0.661. The Morgan fingerprint density at radius 1 is 1.43 bits per heavy atom. The van der Waals surface area contributed by atoms with Gasteiger partial charge in [0.05, 0.1) is 22.4 Å². The molecule has 0 atom stereocenters. The molecule has 1 aliphatic heterocycles. The van der Waals surface area contributed by atoms with Crippen molar-refractivity contribution >= 4 is 38.4 Å². The molecule has 3 N–H and O–H groups in total. The minimum absolute atomic E-state index is 0.104. The highest BCUT2D eigenvalue weighted by molar-refractivity contribution is 9.10. The van der Waals surface area contributed by atoms with Gasteiger partial charge in [0.15, 0.2) is 0 Å². The van der Waals surface area contributed by atoms with Crippen molar-refractivity contribution in [3.05, 3.63) is 34.4 Å². The number of nitrogens with one attached hydrogen (secondary N) is 1. The summed E-state index contributed by atoms with van der Waals surface area (Å²) in [6.07, 6.45) is 3.83. The van der Waals surface area contributed by atoms with Crippen LogP contribution < -0.4 is 11.1 Å². The van der Waals surface area contributed by atoms with Gasteiger partial charge in [-0.15, -0.1) is 0 Å². The first-order chi connectivity index (χ1) is 13.3. The second-order valence-corrected chi connectivity index (χ2v) is 8.97. The number of piperidine rings is 1. The van der Waals surface area contributed by atoms with Gasteiger partial charge in [0.25, 0.3) is 5.91 Å². The molecule has 0 aliphatic carbocycles. The van der Waals surface area contributed by atoms with Gasteiger partial charge >= 0.3 is 0 Å². The lowest BCUT2D eigenvalue weighted by Gasteiger charge is -2.36. The highest BCUT2D eigenvalue weighted by atomic mass is 79.9. The maximum absolute atomic E-state index is 12.8. The van der Waals surface area contributed by atoms with E-state index in [9.17, 15) is 4.79 Å². The van der Waals surface area contributed by atoms with Crippen molar-refractivity contribution in [1.82, 2.24) is 15.2 Å². The summed E-state index contributed by atoms with van der Waals surface area (Å²) in [5.41, 5.74) is 7.78. The number of rotatable bonds is 6. The fourth-order valence-electron chi connectivity index (χ4n) is 3.70. The molecule has 1 aromatic heterocycles. The predicted octanol–water partition coefficient (Wildman–Crippen LogP) is 3.45. The molecule has 0 saturated carbocycles. The lowest BCUT2D eigenvalue weighted by atomic mass is 9.95. The molecule has 1 amide bonds. The molecule has 6 nitrogen and oxygen atoms in total. The Labute approximate surface area is 174 Å². The third-order valence-electron chi connectivity index (χ3n) is 5.54. The van der Waals surface area contributed by atoms with Gasteiger partial charge in [-0.25, -0.2) is 0 Å². The van der Waals surface area contributed by atoms with Crippen LogP contribution >= 0.6 is 15.9 Å². The van der Waals surface area contributed by atoms with Crippen LogP contribution in [0.15, 0.2) is 28.9 Å². The van der Waals surface area contributed by atoms with Crippen LogP contribution in [0.2, 0.25) is 0 Å². The van der Waals surface area contributed by atoms with Crippen molar-refractivity contribution in [2.45, 2.75) is 32.3 Å². The summed E-state index contributed by atoms with van der Waals surface area (Å²) in [4.78, 5) is 19.6. The number of nitrogen functional groups attached to an aromatic ring is 1. The first kappa shape index (κ1) is 21.0. The standard InChI is InChI=1S/C21H29BrN4O2/c1-21(2,28-3)13-26-9-6-14(7-10-26)12-25-20(27)16-11-17(22)18(23)15-5-4-8-24-19(15)16/h4-5,8,11,14H,6-7,9-10,12-13,23H2,1-3H3,(H,25,27). The van der Waals surface area contributed by atoms with Gasteiger partial charge in [-0.2, -0.15) is 0 Å². The zero-order chi connectivity index (χ0) is 20.3. The van der Waals surface area contributed by atoms with Crippen molar-refractivity contribution < 1.29 is 9.53 Å². The van der Waals surface area contributed by atoms with Gasteiger partial charge in [-0.1, -0.05) is 0 Å². The van der Waals surface area contributed by atoms with Crippen LogP contribution in [0.4, 0.5) is 5.69 Å². The third kappa shape index (κ3) is 4.82. The number of nitrogens with two attached hydrogens (primary N) is 1. The van der Waals surface area contributed by atoms with Crippen molar-refractivity contribution in [1.29, 1.82) is 0 Å². The van der Waals surface area contributed by atoms with Gasteiger partial charge in [-0.3, -0.25) is 9.78 Å². The summed E-state index contributed by atoms with van der Waals surface area (Å²) in [5.74, 6) is 0.384. The molecule has 7 heteroatoms. The third-order valence-corrected chi connectivity index (χ3v) is 6.20. The van der Waals surface area contributed by atoms with Crippen LogP contribution in [0, 0.1) is 5.92 Å². The summed E-state index contributed by atoms with van der Waals surface area (Å²) in [6.45, 7) is 7.90. The number of benzene rings is 1. The monoisotopic (exact) mass is 448 g/mol. The van der Waals surface area contributed by atoms with E-state index < -0.39 is 0 Å². The van der Waals surface area contributed by atoms with Gasteiger partial charge in [-0.05, 0) is 79.8 Å². The first-order valence-electron chi connectivity index (χ1n) is 9.69. The Kier molecular flexibility index (Phi) is 6.58. The van der Waals surface area contributed by atoms with E-state index in [0.717, 1.165) is 37.9 Å². The number of likely N-dealkylation sites (tertiary alicyclic amines) is 1. The number of ether oxygens (including phenoxy) is 1. The highest BCUT2D eigenvalue weighted by Crippen LogP contribution is 2.30. The number of carbonyl (C=O) groups excluding carboxylic acids is 1. The Bertz CT molecular complexity index is 848. The van der Waals surface area contributed by atoms with E-state index >= 15 is 0 Å². The second kappa shape index (κ2) is 8.76. The van der Waals surface area contributed by atoms with Gasteiger partial charge < -0.3 is 20.7 Å². The summed E-state index contributed by atoms with van der Waals surface area (Å²) >= 11 is 3.45. The molecule has 2 heterocycles. The van der Waals surface area contributed by atoms with Crippen molar-refractivity contribution in [3.8, 4) is 0 Å². The zero-order valence-corrected chi connectivity index (χ0v) is 18.4. The Balaban J connectivity index is 1.59. The van der Waals surface area contributed by atoms with Gasteiger partial charge in [0, 0.05) is 36.3 Å². The van der Waals surface area contributed by atoms with E-state index in [4.69, 9.17) is 10.5 Å². The first-order valence-corrected chi connectivity index (χ1v) is 10.5. The van der Waals surface area contributed by atoms with E-state index in [1.165, 1.54) is 0 Å². The normalized spacial score (nSPS) is 16.4. The summed E-state index contributed by atoms with van der Waals surface area (Å²) in [6, 6.07) is 5.47. The van der Waals surface area contributed by atoms with Crippen LogP contribution in [0.1, 0.15) is 37.0 Å². The van der Waals surface area contributed by atoms with Crippen LogP contribution in [0.25, 0.3) is 10.9 Å². The van der Waals surface area contributed by atoms with Crippen LogP contribution in [0.3, 0.4) is 0 Å². The maximum Gasteiger partial charge on any atom is 0.253 e. The summed E-state index contributed by atoms with van der Waals surface area (Å²) in [5, 5.41) is 3.89. The summed E-state index contributed by atoms with van der Waals surface area (Å²) < 4.78 is 6.25. The van der Waals surface area contributed by atoms with Crippen molar-refractivity contribution in [2.24, 2.45) is 5.92 Å². The van der Waals surface area contributed by atoms with E-state index in [0.29, 0.717) is 33.7 Å². The Morgan fingerprint density at radius 2 is 2.14 bits per heavy atom. The summed E-state index contributed by atoms with van der Waals surface area (Å²) in [7, 11) is 1.76. The smallest absolute Gasteiger partial charge is 0.253 e. The molecule has 28 heavy (non-hydrogen) atoms. The van der Waals surface area contributed by atoms with Gasteiger partial charge in [0.2, 0.25) is 0 Å². The molecule has 1 saturated heterocycles. The number of anilines is 1. The molecular formula is C21H29BrN4O2. The lowest BCUT2D eigenvalue weighted by molar-refractivity contribution is -0.0145. The molecule has 3 rings (SSSR count). The maximum atomic E-state index is 12.8. The molecule has 0 radical (unpaired) electrons. The average molecular weight is 449 g/mol. The average Bonchev–Trinajstić information content (AvgIpc) is 2.69. The molecule has 0 bridgehead atoms. The number of aromatic nitrogens is 1. The number of carbonyl (C=O) groups is 1. The fourth-order valence-corrected chi connectivity index (χ4v) is 4.14. The molecule has 1 fully saturated rings. The number of hydrogen-bond donors (Lipinski definition) is 2. The molecule has 0 spiro atoms. The predicted molar refractivity (Wildman–Crippen MR) is 116 cm³/mol. The molecule has 1 aromatic carbocycles. The van der Waals surface area contributed by atoms with Crippen molar-refractivity contribution in [2.75, 3.05) is 39.0 Å². The number of pyridine rings is 1. The number of methoxy groups -OCH3 is 1. The Morgan fingerprint density at radius 3 is 2.82 bits per heavy atom. The van der Waals surface area contributed by atoms with E-state index in [1.54, 1.807) is 19.4 Å². The van der Waals surface area contributed by atoms with Crippen LogP contribution in [0.5, 0.6) is 0 Å². The largest absolute Gasteiger partial charge is 0.397 e. The minimum atomic E-state index is -0.127. The zero-order valence-electron chi connectivity index (χ0n) is 16.8. The minimum Gasteiger partial charge on any atom is -0.397 e. The lowest BCUT2D eigenvalue weighted by Crippen LogP contribution is -2.45. The van der Waals surface area contributed by atoms with Crippen molar-refractivity contribution in [3.63, 3.8) is 0 Å². The molecule has 152 valence electrons. The van der Waals surface area contributed by atoms with E-state index in [-0.39, 0.29) is 11.5 Å².